The molecular weight excluding hydrogens is 447 g/mol. The van der Waals surface area contributed by atoms with Crippen LogP contribution in [0.15, 0.2) is 59.7 Å². The van der Waals surface area contributed by atoms with E-state index in [1.807, 2.05) is 29.3 Å². The van der Waals surface area contributed by atoms with Crippen molar-refractivity contribution < 1.29 is 23.3 Å². The second-order valence-corrected chi connectivity index (χ2v) is 8.20. The zero-order valence-electron chi connectivity index (χ0n) is 18.3. The first-order valence-electron chi connectivity index (χ1n) is 10.4. The molecular formula is C25H22ClFN2O4. The summed E-state index contributed by atoms with van der Waals surface area (Å²) in [6, 6.07) is 15.5. The van der Waals surface area contributed by atoms with Crippen molar-refractivity contribution in [2.45, 2.75) is 18.7 Å². The molecule has 0 aromatic heterocycles. The van der Waals surface area contributed by atoms with E-state index in [1.165, 1.54) is 12.1 Å². The average Bonchev–Trinajstić information content (AvgIpc) is 3.29. The van der Waals surface area contributed by atoms with Crippen LogP contribution in [0.1, 0.15) is 35.4 Å². The van der Waals surface area contributed by atoms with Gasteiger partial charge in [0, 0.05) is 22.6 Å². The number of nitrogens with zero attached hydrogens (tertiary/aromatic N) is 2. The quantitative estimate of drug-likeness (QED) is 0.477. The molecule has 0 aliphatic carbocycles. The number of hydrogen-bond acceptors (Lipinski definition) is 6. The van der Waals surface area contributed by atoms with Crippen LogP contribution in [0.25, 0.3) is 0 Å². The Labute approximate surface area is 196 Å². The summed E-state index contributed by atoms with van der Waals surface area (Å²) in [6.07, 6.45) is 0.0822. The number of hydrogen-bond donors (Lipinski definition) is 0. The van der Waals surface area contributed by atoms with Crippen LogP contribution < -0.4 is 18.9 Å². The van der Waals surface area contributed by atoms with Gasteiger partial charge in [-0.15, -0.1) is 0 Å². The molecule has 170 valence electrons. The lowest BCUT2D eigenvalue weighted by Gasteiger charge is -2.38. The molecule has 0 spiro atoms. The summed E-state index contributed by atoms with van der Waals surface area (Å²) in [7, 11) is 4.71. The molecule has 0 radical (unpaired) electrons. The summed E-state index contributed by atoms with van der Waals surface area (Å²) in [5, 5.41) is 7.44. The van der Waals surface area contributed by atoms with Gasteiger partial charge in [0.2, 0.25) is 12.0 Å². The van der Waals surface area contributed by atoms with Crippen LogP contribution in [-0.2, 0) is 0 Å². The van der Waals surface area contributed by atoms with Gasteiger partial charge in [-0.1, -0.05) is 23.7 Å². The number of benzene rings is 3. The Balaban J connectivity index is 1.63. The maximum atomic E-state index is 13.5. The van der Waals surface area contributed by atoms with Gasteiger partial charge in [-0.3, -0.25) is 0 Å². The molecule has 5 rings (SSSR count). The molecule has 2 heterocycles. The first-order chi connectivity index (χ1) is 16.0. The fourth-order valence-electron chi connectivity index (χ4n) is 4.34. The van der Waals surface area contributed by atoms with Crippen molar-refractivity contribution >= 4 is 17.3 Å². The molecule has 2 aliphatic heterocycles. The number of halogens is 2. The highest BCUT2D eigenvalue weighted by atomic mass is 35.5. The van der Waals surface area contributed by atoms with Crippen LogP contribution in [-0.4, -0.2) is 32.0 Å². The van der Waals surface area contributed by atoms with Crippen molar-refractivity contribution in [3.05, 3.63) is 82.1 Å². The predicted octanol–water partition coefficient (Wildman–Crippen LogP) is 5.75. The lowest BCUT2D eigenvalue weighted by atomic mass is 9.96. The third-order valence-electron chi connectivity index (χ3n) is 5.90. The van der Waals surface area contributed by atoms with Crippen LogP contribution in [0, 0.1) is 5.82 Å². The number of methoxy groups -OCH3 is 3. The zero-order valence-corrected chi connectivity index (χ0v) is 19.1. The number of hydrazone groups is 1. The van der Waals surface area contributed by atoms with Crippen molar-refractivity contribution in [3.8, 4) is 23.0 Å². The molecule has 2 atom stereocenters. The lowest BCUT2D eigenvalue weighted by molar-refractivity contribution is -0.0192. The first kappa shape index (κ1) is 21.4. The summed E-state index contributed by atoms with van der Waals surface area (Å²) >= 11 is 6.30. The lowest BCUT2D eigenvalue weighted by Crippen LogP contribution is -2.33. The molecule has 3 aromatic carbocycles. The third kappa shape index (κ3) is 3.72. The molecule has 0 N–H and O–H groups in total. The summed E-state index contributed by atoms with van der Waals surface area (Å²) in [4.78, 5) is 0. The van der Waals surface area contributed by atoms with Crippen LogP contribution in [0.3, 0.4) is 0 Å². The highest BCUT2D eigenvalue weighted by molar-refractivity contribution is 6.30. The SMILES string of the molecule is COc1cc([C@@H]2Oc3ccc(Cl)cc3[C@@H]3CC(c4ccc(F)cc4)=NN32)cc(OC)c1OC. The molecule has 0 saturated heterocycles. The van der Waals surface area contributed by atoms with Gasteiger partial charge < -0.3 is 18.9 Å². The molecule has 6 nitrogen and oxygen atoms in total. The Bertz CT molecular complexity index is 1210. The Morgan fingerprint density at radius 3 is 2.30 bits per heavy atom. The number of fused-ring (bicyclic) bond motifs is 3. The second-order valence-electron chi connectivity index (χ2n) is 7.76. The summed E-state index contributed by atoms with van der Waals surface area (Å²) in [5.74, 6) is 1.99. The van der Waals surface area contributed by atoms with E-state index in [-0.39, 0.29) is 11.9 Å². The van der Waals surface area contributed by atoms with Crippen LogP contribution in [0.2, 0.25) is 5.02 Å². The summed E-state index contributed by atoms with van der Waals surface area (Å²) in [6.45, 7) is 0. The fraction of sp³-hybridized carbons (Fsp3) is 0.240. The van der Waals surface area contributed by atoms with Crippen LogP contribution >= 0.6 is 11.6 Å². The van der Waals surface area contributed by atoms with Gasteiger partial charge in [0.05, 0.1) is 33.1 Å². The Morgan fingerprint density at radius 1 is 0.970 bits per heavy atom. The number of ether oxygens (including phenoxy) is 4. The minimum absolute atomic E-state index is 0.100. The molecule has 33 heavy (non-hydrogen) atoms. The van der Waals surface area contributed by atoms with Gasteiger partial charge in [-0.25, -0.2) is 9.40 Å². The largest absolute Gasteiger partial charge is 0.493 e. The van der Waals surface area contributed by atoms with E-state index in [0.717, 1.165) is 28.2 Å². The Hall–Kier alpha value is -3.45. The highest BCUT2D eigenvalue weighted by Gasteiger charge is 2.41. The standard InChI is InChI=1S/C25H22ClFN2O4/c1-30-22-10-15(11-23(31-2)24(22)32-3)25-29-20(18-12-16(26)6-9-21(18)33-25)13-19(28-29)14-4-7-17(27)8-5-14/h4-12,20,25H,13H2,1-3H3/t20-,25-/m0/s1. The van der Waals surface area contributed by atoms with Gasteiger partial charge >= 0.3 is 0 Å². The van der Waals surface area contributed by atoms with E-state index >= 15 is 0 Å². The minimum atomic E-state index is -0.546. The molecule has 2 aliphatic rings. The average molecular weight is 469 g/mol. The van der Waals surface area contributed by atoms with E-state index in [2.05, 4.69) is 0 Å². The van der Waals surface area contributed by atoms with Crippen molar-refractivity contribution in [2.24, 2.45) is 5.10 Å². The minimum Gasteiger partial charge on any atom is -0.493 e. The van der Waals surface area contributed by atoms with E-state index in [9.17, 15) is 4.39 Å². The molecule has 0 fully saturated rings. The smallest absolute Gasteiger partial charge is 0.214 e. The van der Waals surface area contributed by atoms with E-state index < -0.39 is 6.23 Å². The second kappa shape index (κ2) is 8.48. The van der Waals surface area contributed by atoms with E-state index in [1.54, 1.807) is 39.5 Å². The Morgan fingerprint density at radius 2 is 1.67 bits per heavy atom. The van der Waals surface area contributed by atoms with Crippen LogP contribution in [0.4, 0.5) is 4.39 Å². The molecule has 8 heteroatoms. The summed E-state index contributed by atoms with van der Waals surface area (Å²) < 4.78 is 36.4. The molecule has 0 saturated carbocycles. The van der Waals surface area contributed by atoms with Crippen LogP contribution in [0.5, 0.6) is 23.0 Å². The van der Waals surface area contributed by atoms with Gasteiger partial charge in [0.25, 0.3) is 0 Å². The monoisotopic (exact) mass is 468 g/mol. The van der Waals surface area contributed by atoms with Gasteiger partial charge in [-0.05, 0) is 48.0 Å². The normalized spacial score (nSPS) is 18.7. The van der Waals surface area contributed by atoms with Crippen molar-refractivity contribution in [3.63, 3.8) is 0 Å². The maximum absolute atomic E-state index is 13.5. The molecule has 3 aromatic rings. The molecule has 0 amide bonds. The molecule has 0 bridgehead atoms. The predicted molar refractivity (Wildman–Crippen MR) is 123 cm³/mol. The highest BCUT2D eigenvalue weighted by Crippen LogP contribution is 2.50. The fourth-order valence-corrected chi connectivity index (χ4v) is 4.52. The van der Waals surface area contributed by atoms with Crippen molar-refractivity contribution in [1.82, 2.24) is 5.01 Å². The first-order valence-corrected chi connectivity index (χ1v) is 10.8. The summed E-state index contributed by atoms with van der Waals surface area (Å²) in [5.41, 5.74) is 3.44. The van der Waals surface area contributed by atoms with E-state index in [0.29, 0.717) is 28.7 Å². The van der Waals surface area contributed by atoms with Gasteiger partial charge in [-0.2, -0.15) is 5.10 Å². The van der Waals surface area contributed by atoms with Gasteiger partial charge in [0.15, 0.2) is 11.5 Å². The Kier molecular flexibility index (Phi) is 5.50. The van der Waals surface area contributed by atoms with E-state index in [4.69, 9.17) is 35.6 Å². The zero-order chi connectivity index (χ0) is 23.1. The maximum Gasteiger partial charge on any atom is 0.214 e. The van der Waals surface area contributed by atoms with Crippen molar-refractivity contribution in [2.75, 3.05) is 21.3 Å². The topological polar surface area (TPSA) is 52.5 Å². The van der Waals surface area contributed by atoms with Gasteiger partial charge in [0.1, 0.15) is 11.6 Å². The third-order valence-corrected chi connectivity index (χ3v) is 6.14. The van der Waals surface area contributed by atoms with Crippen molar-refractivity contribution in [1.29, 1.82) is 0 Å². The molecule has 0 unspecified atom stereocenters. The number of rotatable bonds is 5.